The van der Waals surface area contributed by atoms with Crippen LogP contribution in [0.15, 0.2) is 60.7 Å². The molecule has 6 heteroatoms. The van der Waals surface area contributed by atoms with Crippen LogP contribution in [-0.2, 0) is 32.2 Å². The zero-order valence-corrected chi connectivity index (χ0v) is 15.3. The molecule has 1 saturated heterocycles. The van der Waals surface area contributed by atoms with Gasteiger partial charge in [0, 0.05) is 7.11 Å². The molecule has 0 saturated carbocycles. The minimum atomic E-state index is -1.19. The molecule has 0 bridgehead atoms. The van der Waals surface area contributed by atoms with Crippen LogP contribution in [0.1, 0.15) is 11.1 Å². The summed E-state index contributed by atoms with van der Waals surface area (Å²) in [6, 6.07) is 19.4. The fourth-order valence-electron chi connectivity index (χ4n) is 3.07. The zero-order valence-electron chi connectivity index (χ0n) is 15.3. The fraction of sp³-hybridized carbons (Fsp3) is 0.429. The van der Waals surface area contributed by atoms with Crippen LogP contribution in [0.25, 0.3) is 0 Å². The first-order chi connectivity index (χ1) is 13.2. The molecule has 0 radical (unpaired) electrons. The Balaban J connectivity index is 1.62. The minimum absolute atomic E-state index is 0.206. The highest BCUT2D eigenvalue weighted by molar-refractivity contribution is 5.14. The van der Waals surface area contributed by atoms with Gasteiger partial charge >= 0.3 is 0 Å². The first-order valence-electron chi connectivity index (χ1n) is 9.00. The molecule has 27 heavy (non-hydrogen) atoms. The SMILES string of the molecule is COC1O[C@@H](COCc2ccccc2)[C@H](OCc2ccccc2)[C@@H](O)[C@@H]1O. The number of hydrogen-bond acceptors (Lipinski definition) is 6. The van der Waals surface area contributed by atoms with Gasteiger partial charge in [0.2, 0.25) is 0 Å². The van der Waals surface area contributed by atoms with Crippen molar-refractivity contribution in [1.82, 2.24) is 0 Å². The van der Waals surface area contributed by atoms with Gasteiger partial charge in [0.15, 0.2) is 6.29 Å². The average Bonchev–Trinajstić information content (AvgIpc) is 2.71. The second-order valence-electron chi connectivity index (χ2n) is 6.52. The lowest BCUT2D eigenvalue weighted by atomic mass is 9.99. The number of benzene rings is 2. The fourth-order valence-corrected chi connectivity index (χ4v) is 3.07. The molecule has 5 atom stereocenters. The summed E-state index contributed by atoms with van der Waals surface area (Å²) in [5.74, 6) is 0. The van der Waals surface area contributed by atoms with Crippen molar-refractivity contribution < 1.29 is 29.2 Å². The van der Waals surface area contributed by atoms with Crippen LogP contribution in [0.3, 0.4) is 0 Å². The molecule has 6 nitrogen and oxygen atoms in total. The van der Waals surface area contributed by atoms with Gasteiger partial charge in [0.1, 0.15) is 24.4 Å². The molecular weight excluding hydrogens is 348 g/mol. The smallest absolute Gasteiger partial charge is 0.186 e. The van der Waals surface area contributed by atoms with Crippen LogP contribution in [0.4, 0.5) is 0 Å². The van der Waals surface area contributed by atoms with E-state index >= 15 is 0 Å². The normalized spacial score (nSPS) is 28.2. The molecule has 3 rings (SSSR count). The van der Waals surface area contributed by atoms with Gasteiger partial charge in [-0.3, -0.25) is 0 Å². The van der Waals surface area contributed by atoms with E-state index in [9.17, 15) is 10.2 Å². The maximum atomic E-state index is 10.5. The molecule has 1 heterocycles. The summed E-state index contributed by atoms with van der Waals surface area (Å²) in [4.78, 5) is 0. The summed E-state index contributed by atoms with van der Waals surface area (Å²) in [6.07, 6.45) is -4.57. The highest BCUT2D eigenvalue weighted by atomic mass is 16.7. The van der Waals surface area contributed by atoms with Crippen molar-refractivity contribution >= 4 is 0 Å². The Morgan fingerprint density at radius 1 is 0.852 bits per heavy atom. The highest BCUT2D eigenvalue weighted by Crippen LogP contribution is 2.25. The summed E-state index contributed by atoms with van der Waals surface area (Å²) >= 11 is 0. The molecule has 0 spiro atoms. The largest absolute Gasteiger partial charge is 0.387 e. The van der Waals surface area contributed by atoms with E-state index in [1.807, 2.05) is 60.7 Å². The van der Waals surface area contributed by atoms with E-state index in [4.69, 9.17) is 18.9 Å². The maximum absolute atomic E-state index is 10.5. The molecular formula is C21H26O6. The summed E-state index contributed by atoms with van der Waals surface area (Å²) in [5, 5.41) is 20.7. The van der Waals surface area contributed by atoms with Crippen LogP contribution in [-0.4, -0.2) is 54.6 Å². The van der Waals surface area contributed by atoms with E-state index in [0.717, 1.165) is 11.1 Å². The highest BCUT2D eigenvalue weighted by Gasteiger charge is 2.45. The van der Waals surface area contributed by atoms with Gasteiger partial charge in [-0.05, 0) is 11.1 Å². The molecule has 0 aliphatic carbocycles. The van der Waals surface area contributed by atoms with Crippen LogP contribution in [0, 0.1) is 0 Å². The topological polar surface area (TPSA) is 77.4 Å². The van der Waals surface area contributed by atoms with Gasteiger partial charge in [-0.2, -0.15) is 0 Å². The van der Waals surface area contributed by atoms with E-state index in [0.29, 0.717) is 13.2 Å². The predicted molar refractivity (Wildman–Crippen MR) is 98.8 cm³/mol. The lowest BCUT2D eigenvalue weighted by Gasteiger charge is -2.41. The van der Waals surface area contributed by atoms with Crippen molar-refractivity contribution in [1.29, 1.82) is 0 Å². The van der Waals surface area contributed by atoms with E-state index in [-0.39, 0.29) is 6.61 Å². The van der Waals surface area contributed by atoms with E-state index in [1.165, 1.54) is 7.11 Å². The third-order valence-electron chi connectivity index (χ3n) is 4.55. The lowest BCUT2D eigenvalue weighted by molar-refractivity contribution is -0.305. The average molecular weight is 374 g/mol. The standard InChI is InChI=1S/C21H26O6/c1-24-21-19(23)18(22)20(26-13-16-10-6-3-7-11-16)17(27-21)14-25-12-15-8-4-2-5-9-15/h2-11,17-23H,12-14H2,1H3/t17-,18-,19-,20-,21?/m0/s1. The molecule has 1 aliphatic rings. The first kappa shape index (κ1) is 19.9. The van der Waals surface area contributed by atoms with Gasteiger partial charge < -0.3 is 29.2 Å². The second-order valence-corrected chi connectivity index (χ2v) is 6.52. The van der Waals surface area contributed by atoms with E-state index in [1.54, 1.807) is 0 Å². The maximum Gasteiger partial charge on any atom is 0.186 e. The Morgan fingerprint density at radius 3 is 2.04 bits per heavy atom. The Labute approximate surface area is 159 Å². The second kappa shape index (κ2) is 9.94. The van der Waals surface area contributed by atoms with Crippen LogP contribution in [0.2, 0.25) is 0 Å². The van der Waals surface area contributed by atoms with Crippen molar-refractivity contribution in [2.45, 2.75) is 43.9 Å². The number of hydrogen-bond donors (Lipinski definition) is 2. The molecule has 2 aromatic rings. The minimum Gasteiger partial charge on any atom is -0.387 e. The van der Waals surface area contributed by atoms with Crippen LogP contribution < -0.4 is 0 Å². The quantitative estimate of drug-likeness (QED) is 0.735. The Morgan fingerprint density at radius 2 is 1.44 bits per heavy atom. The van der Waals surface area contributed by atoms with Crippen LogP contribution >= 0.6 is 0 Å². The summed E-state index contributed by atoms with van der Waals surface area (Å²) in [7, 11) is 1.42. The molecule has 2 N–H and O–H groups in total. The lowest BCUT2D eigenvalue weighted by Crippen LogP contribution is -2.60. The molecule has 0 aromatic heterocycles. The Kier molecular flexibility index (Phi) is 7.34. The zero-order chi connectivity index (χ0) is 19.1. The number of aliphatic hydroxyl groups excluding tert-OH is 2. The number of ether oxygens (including phenoxy) is 4. The molecule has 0 amide bonds. The van der Waals surface area contributed by atoms with Gasteiger partial charge in [-0.25, -0.2) is 0 Å². The number of rotatable bonds is 8. The number of methoxy groups -OCH3 is 1. The summed E-state index contributed by atoms with van der Waals surface area (Å²) < 4.78 is 22.6. The molecule has 1 fully saturated rings. The van der Waals surface area contributed by atoms with Gasteiger partial charge in [0.05, 0.1) is 19.8 Å². The van der Waals surface area contributed by atoms with E-state index < -0.39 is 30.7 Å². The van der Waals surface area contributed by atoms with Crippen molar-refractivity contribution in [3.8, 4) is 0 Å². The monoisotopic (exact) mass is 374 g/mol. The van der Waals surface area contributed by atoms with Crippen molar-refractivity contribution in [2.75, 3.05) is 13.7 Å². The molecule has 1 unspecified atom stereocenters. The summed E-state index contributed by atoms with van der Waals surface area (Å²) in [6.45, 7) is 0.922. The van der Waals surface area contributed by atoms with Gasteiger partial charge in [-0.15, -0.1) is 0 Å². The van der Waals surface area contributed by atoms with E-state index in [2.05, 4.69) is 0 Å². The third-order valence-corrected chi connectivity index (χ3v) is 4.55. The van der Waals surface area contributed by atoms with Crippen LogP contribution in [0.5, 0.6) is 0 Å². The Hall–Kier alpha value is -1.80. The van der Waals surface area contributed by atoms with Crippen molar-refractivity contribution in [3.63, 3.8) is 0 Å². The van der Waals surface area contributed by atoms with Gasteiger partial charge in [-0.1, -0.05) is 60.7 Å². The van der Waals surface area contributed by atoms with Crippen molar-refractivity contribution in [2.24, 2.45) is 0 Å². The van der Waals surface area contributed by atoms with Crippen molar-refractivity contribution in [3.05, 3.63) is 71.8 Å². The summed E-state index contributed by atoms with van der Waals surface area (Å²) in [5.41, 5.74) is 2.01. The number of aliphatic hydroxyl groups is 2. The first-order valence-corrected chi connectivity index (χ1v) is 9.00. The van der Waals surface area contributed by atoms with Gasteiger partial charge in [0.25, 0.3) is 0 Å². The Bertz CT molecular complexity index is 665. The predicted octanol–water partition coefficient (Wildman–Crippen LogP) is 1.88. The molecule has 1 aliphatic heterocycles. The molecule has 2 aromatic carbocycles. The third kappa shape index (κ3) is 5.35. The molecule has 146 valence electrons.